The van der Waals surface area contributed by atoms with E-state index >= 15 is 0 Å². The Morgan fingerprint density at radius 1 is 1.50 bits per heavy atom. The largest absolute Gasteiger partial charge is 0.465 e. The van der Waals surface area contributed by atoms with Crippen LogP contribution in [0.4, 0.5) is 11.5 Å². The van der Waals surface area contributed by atoms with Gasteiger partial charge < -0.3 is 15.5 Å². The molecule has 0 aliphatic carbocycles. The summed E-state index contributed by atoms with van der Waals surface area (Å²) in [5.74, 6) is 2.19. The molecule has 0 aliphatic heterocycles. The van der Waals surface area contributed by atoms with Gasteiger partial charge in [0.25, 0.3) is 0 Å². The van der Waals surface area contributed by atoms with Gasteiger partial charge in [0, 0.05) is 0 Å². The molecule has 0 amide bonds. The Morgan fingerprint density at radius 3 is 3.00 bits per heavy atom. The van der Waals surface area contributed by atoms with E-state index in [9.17, 15) is 0 Å². The molecule has 5 nitrogen and oxygen atoms in total. The maximum atomic E-state index is 5.68. The normalized spacial score (nSPS) is 10.4. The zero-order chi connectivity index (χ0) is 11.5. The number of hydrogen-bond donors (Lipinski definition) is 2. The zero-order valence-corrected chi connectivity index (χ0v) is 9.45. The Balaban J connectivity index is 2.07. The van der Waals surface area contributed by atoms with E-state index in [4.69, 9.17) is 21.8 Å². The summed E-state index contributed by atoms with van der Waals surface area (Å²) in [6.07, 6.45) is 1.46. The quantitative estimate of drug-likeness (QED) is 0.802. The lowest BCUT2D eigenvalue weighted by Gasteiger charge is -2.06. The molecule has 2 heterocycles. The highest BCUT2D eigenvalue weighted by atomic mass is 35.5. The van der Waals surface area contributed by atoms with Crippen LogP contribution in [-0.4, -0.2) is 9.97 Å². The summed E-state index contributed by atoms with van der Waals surface area (Å²) in [5, 5.41) is 3.19. The van der Waals surface area contributed by atoms with E-state index in [1.165, 1.54) is 6.20 Å². The van der Waals surface area contributed by atoms with Gasteiger partial charge in [0.2, 0.25) is 5.28 Å². The highest BCUT2D eigenvalue weighted by molar-refractivity contribution is 6.28. The molecule has 0 fully saturated rings. The summed E-state index contributed by atoms with van der Waals surface area (Å²) in [7, 11) is 0. The topological polar surface area (TPSA) is 77.0 Å². The number of anilines is 2. The smallest absolute Gasteiger partial charge is 0.224 e. The van der Waals surface area contributed by atoms with E-state index in [2.05, 4.69) is 15.3 Å². The Kier molecular flexibility index (Phi) is 2.96. The SMILES string of the molecule is Cc1ccc(CNc2nc(Cl)ncc2N)o1. The number of nitrogens with two attached hydrogens (primary N) is 1. The zero-order valence-electron chi connectivity index (χ0n) is 8.70. The van der Waals surface area contributed by atoms with Crippen molar-refractivity contribution >= 4 is 23.1 Å². The fraction of sp³-hybridized carbons (Fsp3) is 0.200. The fourth-order valence-corrected chi connectivity index (χ4v) is 1.40. The molecule has 0 radical (unpaired) electrons. The molecule has 0 bridgehead atoms. The van der Waals surface area contributed by atoms with Gasteiger partial charge >= 0.3 is 0 Å². The van der Waals surface area contributed by atoms with Gasteiger partial charge in [-0.3, -0.25) is 0 Å². The minimum Gasteiger partial charge on any atom is -0.465 e. The summed E-state index contributed by atoms with van der Waals surface area (Å²) in [5.41, 5.74) is 6.13. The molecule has 2 aromatic rings. The van der Waals surface area contributed by atoms with E-state index in [1.54, 1.807) is 0 Å². The lowest BCUT2D eigenvalue weighted by Crippen LogP contribution is -2.04. The minimum absolute atomic E-state index is 0.160. The van der Waals surface area contributed by atoms with Crippen molar-refractivity contribution in [3.8, 4) is 0 Å². The standard InChI is InChI=1S/C10H11ClN4O/c1-6-2-3-7(16-6)4-13-9-8(12)5-14-10(11)15-9/h2-3,5H,4,12H2,1H3,(H,13,14,15). The highest BCUT2D eigenvalue weighted by Crippen LogP contribution is 2.17. The molecule has 0 saturated carbocycles. The number of nitrogens with zero attached hydrogens (tertiary/aromatic N) is 2. The molecule has 0 spiro atoms. The van der Waals surface area contributed by atoms with Gasteiger partial charge in [0.05, 0.1) is 18.4 Å². The molecule has 16 heavy (non-hydrogen) atoms. The molecule has 2 rings (SSSR count). The monoisotopic (exact) mass is 238 g/mol. The molecule has 6 heteroatoms. The Bertz CT molecular complexity index is 497. The summed E-state index contributed by atoms with van der Waals surface area (Å²) < 4.78 is 5.40. The van der Waals surface area contributed by atoms with Crippen molar-refractivity contribution in [1.82, 2.24) is 9.97 Å². The molecule has 3 N–H and O–H groups in total. The van der Waals surface area contributed by atoms with Gasteiger partial charge in [-0.25, -0.2) is 4.98 Å². The van der Waals surface area contributed by atoms with Crippen LogP contribution >= 0.6 is 11.6 Å². The van der Waals surface area contributed by atoms with E-state index in [0.717, 1.165) is 11.5 Å². The molecule has 0 saturated heterocycles. The van der Waals surface area contributed by atoms with Crippen molar-refractivity contribution in [1.29, 1.82) is 0 Å². The predicted molar refractivity (Wildman–Crippen MR) is 62.2 cm³/mol. The van der Waals surface area contributed by atoms with Crippen molar-refractivity contribution in [2.45, 2.75) is 13.5 Å². The summed E-state index contributed by atoms with van der Waals surface area (Å²) >= 11 is 5.66. The van der Waals surface area contributed by atoms with E-state index in [1.807, 2.05) is 19.1 Å². The third-order valence-corrected chi connectivity index (χ3v) is 2.20. The number of rotatable bonds is 3. The average molecular weight is 239 g/mol. The Labute approximate surface area is 97.6 Å². The number of hydrogen-bond acceptors (Lipinski definition) is 5. The van der Waals surface area contributed by atoms with Crippen LogP contribution in [0.15, 0.2) is 22.7 Å². The molecular weight excluding hydrogens is 228 g/mol. The predicted octanol–water partition coefficient (Wildman–Crippen LogP) is 2.23. The number of nitrogen functional groups attached to an aromatic ring is 1. The lowest BCUT2D eigenvalue weighted by atomic mass is 10.4. The van der Waals surface area contributed by atoms with Gasteiger partial charge in [0.15, 0.2) is 5.82 Å². The Hall–Kier alpha value is -1.75. The van der Waals surface area contributed by atoms with Crippen LogP contribution in [-0.2, 0) is 6.54 Å². The molecule has 2 aromatic heterocycles. The number of halogens is 1. The first-order valence-electron chi connectivity index (χ1n) is 4.72. The van der Waals surface area contributed by atoms with E-state index < -0.39 is 0 Å². The summed E-state index contributed by atoms with van der Waals surface area (Å²) in [4.78, 5) is 7.74. The third-order valence-electron chi connectivity index (χ3n) is 2.01. The van der Waals surface area contributed by atoms with Crippen LogP contribution in [0.1, 0.15) is 11.5 Å². The number of furan rings is 1. The highest BCUT2D eigenvalue weighted by Gasteiger charge is 2.04. The van der Waals surface area contributed by atoms with Gasteiger partial charge in [-0.2, -0.15) is 4.98 Å². The maximum Gasteiger partial charge on any atom is 0.224 e. The second kappa shape index (κ2) is 4.40. The van der Waals surface area contributed by atoms with Crippen molar-refractivity contribution < 1.29 is 4.42 Å². The first-order chi connectivity index (χ1) is 7.65. The molecule has 0 atom stereocenters. The van der Waals surface area contributed by atoms with Crippen molar-refractivity contribution in [3.63, 3.8) is 0 Å². The van der Waals surface area contributed by atoms with Crippen LogP contribution in [0.5, 0.6) is 0 Å². The van der Waals surface area contributed by atoms with E-state index in [-0.39, 0.29) is 5.28 Å². The molecular formula is C10H11ClN4O. The van der Waals surface area contributed by atoms with E-state index in [0.29, 0.717) is 18.1 Å². The molecule has 0 aliphatic rings. The first-order valence-corrected chi connectivity index (χ1v) is 5.10. The number of nitrogens with one attached hydrogen (secondary N) is 1. The second-order valence-electron chi connectivity index (χ2n) is 3.31. The molecule has 0 aromatic carbocycles. The van der Waals surface area contributed by atoms with Crippen LogP contribution in [0.2, 0.25) is 5.28 Å². The molecule has 84 valence electrons. The second-order valence-corrected chi connectivity index (χ2v) is 3.65. The van der Waals surface area contributed by atoms with Crippen molar-refractivity contribution in [3.05, 3.63) is 35.1 Å². The van der Waals surface area contributed by atoms with Crippen LogP contribution in [0.25, 0.3) is 0 Å². The Morgan fingerprint density at radius 2 is 2.31 bits per heavy atom. The van der Waals surface area contributed by atoms with Gasteiger partial charge in [-0.1, -0.05) is 0 Å². The molecule has 0 unspecified atom stereocenters. The number of aryl methyl sites for hydroxylation is 1. The summed E-state index contributed by atoms with van der Waals surface area (Å²) in [6.45, 7) is 2.39. The third kappa shape index (κ3) is 2.43. The van der Waals surface area contributed by atoms with Crippen LogP contribution in [0, 0.1) is 6.92 Å². The first kappa shape index (κ1) is 10.8. The van der Waals surface area contributed by atoms with Gasteiger partial charge in [-0.15, -0.1) is 0 Å². The summed E-state index contributed by atoms with van der Waals surface area (Å²) in [6, 6.07) is 3.79. The lowest BCUT2D eigenvalue weighted by molar-refractivity contribution is 0.490. The minimum atomic E-state index is 0.160. The number of aromatic nitrogens is 2. The van der Waals surface area contributed by atoms with Crippen LogP contribution in [0.3, 0.4) is 0 Å². The van der Waals surface area contributed by atoms with Gasteiger partial charge in [-0.05, 0) is 30.7 Å². The maximum absolute atomic E-state index is 5.68. The average Bonchev–Trinajstić information content (AvgIpc) is 2.66. The van der Waals surface area contributed by atoms with Crippen molar-refractivity contribution in [2.75, 3.05) is 11.1 Å². The van der Waals surface area contributed by atoms with Gasteiger partial charge in [0.1, 0.15) is 11.5 Å². The fourth-order valence-electron chi connectivity index (χ4n) is 1.26. The van der Waals surface area contributed by atoms with Crippen LogP contribution < -0.4 is 11.1 Å². The van der Waals surface area contributed by atoms with Crippen molar-refractivity contribution in [2.24, 2.45) is 0 Å².